The van der Waals surface area contributed by atoms with E-state index in [4.69, 9.17) is 0 Å². The van der Waals surface area contributed by atoms with Gasteiger partial charge in [0, 0.05) is 27.2 Å². The van der Waals surface area contributed by atoms with E-state index in [0.717, 1.165) is 14.9 Å². The zero-order valence-corrected chi connectivity index (χ0v) is 17.0. The number of thiazole rings is 1. The first-order valence-electron chi connectivity index (χ1n) is 7.92. The van der Waals surface area contributed by atoms with Crippen molar-refractivity contribution in [2.75, 3.05) is 12.4 Å². The number of sulfonamides is 1. The summed E-state index contributed by atoms with van der Waals surface area (Å²) >= 11 is 3.17. The number of nitrogens with one attached hydrogen (secondary N) is 2. The number of nitrogens with zero attached hydrogens (tertiary/aromatic N) is 1. The molecule has 1 amide bonds. The highest BCUT2D eigenvalue weighted by molar-refractivity contribution is 8.01. The molecule has 0 fully saturated rings. The van der Waals surface area contributed by atoms with Crippen LogP contribution < -0.4 is 10.0 Å². The molecule has 0 spiro atoms. The Balaban J connectivity index is 1.65. The Hall–Kier alpha value is -2.20. The predicted octanol–water partition coefficient (Wildman–Crippen LogP) is 3.76. The van der Waals surface area contributed by atoms with Gasteiger partial charge >= 0.3 is 0 Å². The maximum Gasteiger partial charge on any atom is 0.255 e. The summed E-state index contributed by atoms with van der Waals surface area (Å²) in [6.45, 7) is 1.96. The molecule has 0 aliphatic rings. The van der Waals surface area contributed by atoms with Gasteiger partial charge in [-0.15, -0.1) is 11.3 Å². The molecule has 0 unspecified atom stereocenters. The van der Waals surface area contributed by atoms with Gasteiger partial charge in [-0.2, -0.15) is 0 Å². The van der Waals surface area contributed by atoms with Crippen molar-refractivity contribution in [1.82, 2.24) is 9.71 Å². The number of benzene rings is 2. The van der Waals surface area contributed by atoms with Crippen LogP contribution in [0.1, 0.15) is 16.1 Å². The van der Waals surface area contributed by atoms with Crippen LogP contribution in [0.4, 0.5) is 5.69 Å². The van der Waals surface area contributed by atoms with Crippen molar-refractivity contribution >= 4 is 44.7 Å². The van der Waals surface area contributed by atoms with Crippen molar-refractivity contribution in [1.29, 1.82) is 0 Å². The highest BCUT2D eigenvalue weighted by Gasteiger charge is 2.13. The number of carbonyl (C=O) groups is 1. The van der Waals surface area contributed by atoms with Crippen LogP contribution in [-0.2, 0) is 10.0 Å². The lowest BCUT2D eigenvalue weighted by Crippen LogP contribution is -2.19. The van der Waals surface area contributed by atoms with Crippen molar-refractivity contribution in [3.8, 4) is 0 Å². The lowest BCUT2D eigenvalue weighted by Gasteiger charge is -2.07. The Kier molecular flexibility index (Phi) is 5.95. The molecule has 0 aliphatic heterocycles. The average Bonchev–Trinajstić information content (AvgIpc) is 3.08. The molecule has 1 heterocycles. The highest BCUT2D eigenvalue weighted by atomic mass is 32.2. The standard InChI is InChI=1S/C18H17N3O3S3/c1-12-11-25-18(20-12)26-15-7-5-14(6-8-15)21-17(22)13-3-9-16(10-4-13)27(23,24)19-2/h3-11,19H,1-2H3,(H,21,22). The number of aryl methyl sites for hydroxylation is 1. The Morgan fingerprint density at radius 3 is 2.30 bits per heavy atom. The molecule has 140 valence electrons. The second-order valence-electron chi connectivity index (χ2n) is 5.57. The van der Waals surface area contributed by atoms with Crippen LogP contribution in [-0.4, -0.2) is 26.4 Å². The first-order valence-corrected chi connectivity index (χ1v) is 11.1. The predicted molar refractivity (Wildman–Crippen MR) is 108 cm³/mol. The number of amides is 1. The summed E-state index contributed by atoms with van der Waals surface area (Å²) < 4.78 is 26.6. The van der Waals surface area contributed by atoms with Crippen molar-refractivity contribution in [3.63, 3.8) is 0 Å². The third-order valence-corrected chi connectivity index (χ3v) is 7.11. The fourth-order valence-corrected chi connectivity index (χ4v) is 4.73. The molecule has 6 nitrogen and oxygen atoms in total. The number of rotatable bonds is 6. The van der Waals surface area contributed by atoms with E-state index in [0.29, 0.717) is 11.3 Å². The third kappa shape index (κ3) is 4.95. The van der Waals surface area contributed by atoms with E-state index < -0.39 is 10.0 Å². The van der Waals surface area contributed by atoms with E-state index in [-0.39, 0.29) is 10.8 Å². The second-order valence-corrected chi connectivity index (χ2v) is 9.63. The molecule has 0 saturated heterocycles. The molecule has 2 aromatic carbocycles. The summed E-state index contributed by atoms with van der Waals surface area (Å²) in [5.74, 6) is -0.306. The first kappa shape index (κ1) is 19.6. The third-order valence-electron chi connectivity index (χ3n) is 3.61. The monoisotopic (exact) mass is 419 g/mol. The summed E-state index contributed by atoms with van der Waals surface area (Å²) in [4.78, 5) is 17.9. The van der Waals surface area contributed by atoms with Crippen LogP contribution in [0.3, 0.4) is 0 Å². The summed E-state index contributed by atoms with van der Waals surface area (Å²) in [6, 6.07) is 13.2. The van der Waals surface area contributed by atoms with Crippen molar-refractivity contribution < 1.29 is 13.2 Å². The minimum absolute atomic E-state index is 0.111. The quantitative estimate of drug-likeness (QED) is 0.635. The van der Waals surface area contributed by atoms with Gasteiger partial charge < -0.3 is 5.32 Å². The zero-order valence-electron chi connectivity index (χ0n) is 14.6. The fourth-order valence-electron chi connectivity index (χ4n) is 2.19. The molecule has 0 radical (unpaired) electrons. The van der Waals surface area contributed by atoms with Crippen LogP contribution >= 0.6 is 23.1 Å². The van der Waals surface area contributed by atoms with E-state index in [1.165, 1.54) is 31.3 Å². The van der Waals surface area contributed by atoms with Gasteiger partial charge in [0.25, 0.3) is 5.91 Å². The van der Waals surface area contributed by atoms with E-state index in [9.17, 15) is 13.2 Å². The van der Waals surface area contributed by atoms with Crippen molar-refractivity contribution in [3.05, 3.63) is 65.2 Å². The average molecular weight is 420 g/mol. The molecule has 0 aliphatic carbocycles. The maximum atomic E-state index is 12.3. The van der Waals surface area contributed by atoms with E-state index in [1.807, 2.05) is 36.6 Å². The number of anilines is 1. The van der Waals surface area contributed by atoms with Crippen LogP contribution in [0.2, 0.25) is 0 Å². The molecule has 1 aromatic heterocycles. The first-order chi connectivity index (χ1) is 12.9. The zero-order chi connectivity index (χ0) is 19.4. The Labute approximate surface area is 166 Å². The second kappa shape index (κ2) is 8.22. The van der Waals surface area contributed by atoms with Crippen LogP contribution in [0.5, 0.6) is 0 Å². The van der Waals surface area contributed by atoms with Gasteiger partial charge in [-0.25, -0.2) is 18.1 Å². The summed E-state index contributed by atoms with van der Waals surface area (Å²) in [5, 5.41) is 4.80. The molecule has 3 rings (SSSR count). The minimum Gasteiger partial charge on any atom is -0.322 e. The Morgan fingerprint density at radius 2 is 1.74 bits per heavy atom. The maximum absolute atomic E-state index is 12.3. The lowest BCUT2D eigenvalue weighted by molar-refractivity contribution is 0.102. The van der Waals surface area contributed by atoms with Crippen molar-refractivity contribution in [2.24, 2.45) is 0 Å². The SMILES string of the molecule is CNS(=O)(=O)c1ccc(C(=O)Nc2ccc(Sc3nc(C)cs3)cc2)cc1. The largest absolute Gasteiger partial charge is 0.322 e. The van der Waals surface area contributed by atoms with Gasteiger partial charge in [0.1, 0.15) is 0 Å². The molecular formula is C18H17N3O3S3. The molecule has 0 saturated carbocycles. The van der Waals surface area contributed by atoms with Gasteiger partial charge in [0.2, 0.25) is 10.0 Å². The number of hydrogen-bond acceptors (Lipinski definition) is 6. The minimum atomic E-state index is -3.52. The van der Waals surface area contributed by atoms with Crippen LogP contribution in [0.25, 0.3) is 0 Å². The molecule has 3 aromatic rings. The summed E-state index contributed by atoms with van der Waals surface area (Å²) in [5.41, 5.74) is 2.04. The Morgan fingerprint density at radius 1 is 1.07 bits per heavy atom. The van der Waals surface area contributed by atoms with Gasteiger partial charge in [-0.3, -0.25) is 4.79 Å². The highest BCUT2D eigenvalue weighted by Crippen LogP contribution is 2.30. The topological polar surface area (TPSA) is 88.2 Å². The molecule has 27 heavy (non-hydrogen) atoms. The smallest absolute Gasteiger partial charge is 0.255 e. The molecular weight excluding hydrogens is 402 g/mol. The van der Waals surface area contributed by atoms with E-state index >= 15 is 0 Å². The van der Waals surface area contributed by atoms with Gasteiger partial charge in [0.05, 0.1) is 4.90 Å². The Bertz CT molecular complexity index is 1040. The lowest BCUT2D eigenvalue weighted by atomic mass is 10.2. The molecule has 0 bridgehead atoms. The molecule has 2 N–H and O–H groups in total. The molecule has 0 atom stereocenters. The normalized spacial score (nSPS) is 11.3. The summed E-state index contributed by atoms with van der Waals surface area (Å²) in [7, 11) is -2.18. The van der Waals surface area contributed by atoms with E-state index in [2.05, 4.69) is 15.0 Å². The van der Waals surface area contributed by atoms with Gasteiger partial charge in [0.15, 0.2) is 4.34 Å². The van der Waals surface area contributed by atoms with Crippen LogP contribution in [0, 0.1) is 6.92 Å². The van der Waals surface area contributed by atoms with Gasteiger partial charge in [-0.1, -0.05) is 11.8 Å². The number of aromatic nitrogens is 1. The van der Waals surface area contributed by atoms with Crippen LogP contribution in [0.15, 0.2) is 68.0 Å². The van der Waals surface area contributed by atoms with Crippen molar-refractivity contribution in [2.45, 2.75) is 21.1 Å². The van der Waals surface area contributed by atoms with Gasteiger partial charge in [-0.05, 0) is 62.5 Å². The molecule has 9 heteroatoms. The summed E-state index contributed by atoms with van der Waals surface area (Å²) in [6.07, 6.45) is 0. The number of hydrogen-bond donors (Lipinski definition) is 2. The number of carbonyl (C=O) groups excluding carboxylic acids is 1. The fraction of sp³-hybridized carbons (Fsp3) is 0.111. The van der Waals surface area contributed by atoms with E-state index in [1.54, 1.807) is 23.1 Å².